The predicted molar refractivity (Wildman–Crippen MR) is 103 cm³/mol. The van der Waals surface area contributed by atoms with Gasteiger partial charge in [-0.3, -0.25) is 4.99 Å². The molecule has 0 rings (SSSR count). The molecule has 0 aromatic heterocycles. The Balaban J connectivity index is 0. The molecule has 3 N–H and O–H groups in total. The molecule has 0 aliphatic rings. The van der Waals surface area contributed by atoms with E-state index in [9.17, 15) is 4.79 Å². The summed E-state index contributed by atoms with van der Waals surface area (Å²) in [5.74, 6) is 0.794. The van der Waals surface area contributed by atoms with E-state index in [4.69, 9.17) is 4.74 Å². The maximum Gasteiger partial charge on any atom is 0.407 e. The standard InChI is InChI=1S/C15H32N4O2.HI/c1-8-16-12(19-14(2,3)4)17-10-9-11-18-13(20)21-15(5,6)7;/h8-11H2,1-7H3,(H,18,20)(H2,16,17,19);1H. The molecule has 0 fully saturated rings. The fourth-order valence-corrected chi connectivity index (χ4v) is 1.44. The summed E-state index contributed by atoms with van der Waals surface area (Å²) in [5, 5.41) is 9.23. The van der Waals surface area contributed by atoms with Gasteiger partial charge >= 0.3 is 6.09 Å². The molecule has 0 saturated carbocycles. The van der Waals surface area contributed by atoms with E-state index in [1.165, 1.54) is 0 Å². The number of nitrogens with zero attached hydrogens (tertiary/aromatic N) is 1. The van der Waals surface area contributed by atoms with Gasteiger partial charge in [0.2, 0.25) is 0 Å². The number of amides is 1. The van der Waals surface area contributed by atoms with Gasteiger partial charge in [-0.2, -0.15) is 0 Å². The van der Waals surface area contributed by atoms with Crippen molar-refractivity contribution in [3.8, 4) is 0 Å². The summed E-state index contributed by atoms with van der Waals surface area (Å²) in [6.45, 7) is 15.8. The summed E-state index contributed by atoms with van der Waals surface area (Å²) in [5.41, 5.74) is -0.493. The number of aliphatic imine (C=N–C) groups is 1. The zero-order valence-electron chi connectivity index (χ0n) is 15.0. The Hall–Kier alpha value is -0.730. The molecule has 0 aromatic carbocycles. The van der Waals surface area contributed by atoms with Gasteiger partial charge in [-0.05, 0) is 54.9 Å². The third-order valence-electron chi connectivity index (χ3n) is 2.11. The van der Waals surface area contributed by atoms with Gasteiger partial charge in [-0.15, -0.1) is 24.0 Å². The molecule has 0 spiro atoms. The molecule has 0 bridgehead atoms. The van der Waals surface area contributed by atoms with E-state index in [0.717, 1.165) is 18.9 Å². The highest BCUT2D eigenvalue weighted by atomic mass is 127. The van der Waals surface area contributed by atoms with Crippen molar-refractivity contribution in [2.45, 2.75) is 66.0 Å². The zero-order valence-corrected chi connectivity index (χ0v) is 17.3. The van der Waals surface area contributed by atoms with E-state index in [1.807, 2.05) is 27.7 Å². The first-order valence-electron chi connectivity index (χ1n) is 7.57. The number of halogens is 1. The Morgan fingerprint density at radius 1 is 1.09 bits per heavy atom. The van der Waals surface area contributed by atoms with Crippen LogP contribution >= 0.6 is 24.0 Å². The molecule has 6 nitrogen and oxygen atoms in total. The Morgan fingerprint density at radius 3 is 2.14 bits per heavy atom. The lowest BCUT2D eigenvalue weighted by Gasteiger charge is -2.23. The lowest BCUT2D eigenvalue weighted by atomic mass is 10.1. The first-order chi connectivity index (χ1) is 9.53. The Labute approximate surface area is 152 Å². The first kappa shape index (κ1) is 23.5. The molecule has 0 aromatic rings. The van der Waals surface area contributed by atoms with Crippen molar-refractivity contribution in [1.29, 1.82) is 0 Å². The van der Waals surface area contributed by atoms with Crippen LogP contribution in [-0.4, -0.2) is 42.8 Å². The third kappa shape index (κ3) is 15.7. The van der Waals surface area contributed by atoms with Crippen LogP contribution in [0.5, 0.6) is 0 Å². The van der Waals surface area contributed by atoms with Gasteiger partial charge in [0.1, 0.15) is 5.60 Å². The average molecular weight is 428 g/mol. The molecular weight excluding hydrogens is 395 g/mol. The maximum atomic E-state index is 11.5. The topological polar surface area (TPSA) is 74.8 Å². The highest BCUT2D eigenvalue weighted by Gasteiger charge is 2.15. The molecule has 0 heterocycles. The minimum Gasteiger partial charge on any atom is -0.444 e. The second-order valence-electron chi connectivity index (χ2n) is 6.92. The molecular formula is C15H33IN4O2. The van der Waals surface area contributed by atoms with E-state index < -0.39 is 5.60 Å². The number of alkyl carbamates (subject to hydrolysis) is 1. The molecule has 0 aliphatic carbocycles. The van der Waals surface area contributed by atoms with Gasteiger partial charge in [0, 0.05) is 25.2 Å². The maximum absolute atomic E-state index is 11.5. The molecule has 7 heteroatoms. The van der Waals surface area contributed by atoms with E-state index in [1.54, 1.807) is 0 Å². The zero-order chi connectivity index (χ0) is 16.5. The first-order valence-corrected chi connectivity index (χ1v) is 7.57. The summed E-state index contributed by atoms with van der Waals surface area (Å²) in [6, 6.07) is 0. The van der Waals surface area contributed by atoms with Crippen LogP contribution in [0.3, 0.4) is 0 Å². The molecule has 0 aliphatic heterocycles. The largest absolute Gasteiger partial charge is 0.444 e. The molecule has 22 heavy (non-hydrogen) atoms. The normalized spacial score (nSPS) is 12.2. The summed E-state index contributed by atoms with van der Waals surface area (Å²) in [4.78, 5) is 15.9. The van der Waals surface area contributed by atoms with Crippen LogP contribution in [0.25, 0.3) is 0 Å². The minimum absolute atomic E-state index is 0. The van der Waals surface area contributed by atoms with Crippen molar-refractivity contribution >= 4 is 36.0 Å². The van der Waals surface area contributed by atoms with Crippen molar-refractivity contribution < 1.29 is 9.53 Å². The molecule has 0 radical (unpaired) electrons. The minimum atomic E-state index is -0.461. The van der Waals surface area contributed by atoms with Crippen molar-refractivity contribution in [3.05, 3.63) is 0 Å². The monoisotopic (exact) mass is 428 g/mol. The van der Waals surface area contributed by atoms with Crippen LogP contribution < -0.4 is 16.0 Å². The van der Waals surface area contributed by atoms with Gasteiger partial charge < -0.3 is 20.7 Å². The third-order valence-corrected chi connectivity index (χ3v) is 2.11. The average Bonchev–Trinajstić information content (AvgIpc) is 2.24. The number of hydrogen-bond donors (Lipinski definition) is 3. The Morgan fingerprint density at radius 2 is 1.68 bits per heavy atom. The number of nitrogens with one attached hydrogen (secondary N) is 3. The number of rotatable bonds is 5. The van der Waals surface area contributed by atoms with E-state index in [2.05, 4.69) is 41.7 Å². The molecule has 0 atom stereocenters. The van der Waals surface area contributed by atoms with Crippen molar-refractivity contribution in [3.63, 3.8) is 0 Å². The number of hydrogen-bond acceptors (Lipinski definition) is 3. The molecule has 0 saturated heterocycles. The fourth-order valence-electron chi connectivity index (χ4n) is 1.44. The Bertz CT molecular complexity index is 346. The molecule has 132 valence electrons. The number of carbonyl (C=O) groups excluding carboxylic acids is 1. The van der Waals surface area contributed by atoms with Crippen LogP contribution in [-0.2, 0) is 4.74 Å². The SMILES string of the molecule is CCNC(=NCCCNC(=O)OC(C)(C)C)NC(C)(C)C.I. The second-order valence-corrected chi connectivity index (χ2v) is 6.92. The highest BCUT2D eigenvalue weighted by molar-refractivity contribution is 14.0. The van der Waals surface area contributed by atoms with Gasteiger partial charge in [0.05, 0.1) is 0 Å². The van der Waals surface area contributed by atoms with Crippen LogP contribution in [0.2, 0.25) is 0 Å². The summed E-state index contributed by atoms with van der Waals surface area (Å²) in [6.07, 6.45) is 0.381. The van der Waals surface area contributed by atoms with E-state index in [0.29, 0.717) is 13.1 Å². The van der Waals surface area contributed by atoms with Gasteiger partial charge in [-0.1, -0.05) is 0 Å². The quantitative estimate of drug-likeness (QED) is 0.273. The van der Waals surface area contributed by atoms with Crippen molar-refractivity contribution in [2.24, 2.45) is 4.99 Å². The van der Waals surface area contributed by atoms with E-state index >= 15 is 0 Å². The van der Waals surface area contributed by atoms with Crippen molar-refractivity contribution in [1.82, 2.24) is 16.0 Å². The van der Waals surface area contributed by atoms with Crippen LogP contribution in [0.4, 0.5) is 4.79 Å². The number of guanidine groups is 1. The lowest BCUT2D eigenvalue weighted by Crippen LogP contribution is -2.47. The van der Waals surface area contributed by atoms with Gasteiger partial charge in [0.25, 0.3) is 0 Å². The summed E-state index contributed by atoms with van der Waals surface area (Å²) >= 11 is 0. The predicted octanol–water partition coefficient (Wildman–Crippen LogP) is 2.87. The number of carbonyl (C=O) groups is 1. The lowest BCUT2D eigenvalue weighted by molar-refractivity contribution is 0.0527. The number of ether oxygens (including phenoxy) is 1. The van der Waals surface area contributed by atoms with Crippen LogP contribution in [0.1, 0.15) is 54.9 Å². The van der Waals surface area contributed by atoms with Crippen molar-refractivity contribution in [2.75, 3.05) is 19.6 Å². The van der Waals surface area contributed by atoms with Crippen LogP contribution in [0, 0.1) is 0 Å². The smallest absolute Gasteiger partial charge is 0.407 e. The Kier molecular flexibility index (Phi) is 11.7. The highest BCUT2D eigenvalue weighted by Crippen LogP contribution is 2.06. The van der Waals surface area contributed by atoms with Crippen LogP contribution in [0.15, 0.2) is 4.99 Å². The van der Waals surface area contributed by atoms with Gasteiger partial charge in [-0.25, -0.2) is 4.79 Å². The summed E-state index contributed by atoms with van der Waals surface area (Å²) in [7, 11) is 0. The van der Waals surface area contributed by atoms with E-state index in [-0.39, 0.29) is 35.6 Å². The fraction of sp³-hybridized carbons (Fsp3) is 0.867. The molecule has 1 amide bonds. The second kappa shape index (κ2) is 10.9. The summed E-state index contributed by atoms with van der Waals surface area (Å²) < 4.78 is 5.16. The molecule has 0 unspecified atom stereocenters. The van der Waals surface area contributed by atoms with Gasteiger partial charge in [0.15, 0.2) is 5.96 Å².